The van der Waals surface area contributed by atoms with Crippen molar-refractivity contribution < 1.29 is 0 Å². The second-order valence-electron chi connectivity index (χ2n) is 8.13. The molecule has 1 rings (SSSR count). The van der Waals surface area contributed by atoms with E-state index in [0.717, 1.165) is 0 Å². The maximum Gasteiger partial charge on any atom is 0.0795 e. The van der Waals surface area contributed by atoms with Gasteiger partial charge in [-0.25, -0.2) is 4.98 Å². The molecule has 0 amide bonds. The van der Waals surface area contributed by atoms with E-state index in [1.807, 2.05) is 5.51 Å². The highest BCUT2D eigenvalue weighted by atomic mass is 32.1. The van der Waals surface area contributed by atoms with Crippen LogP contribution in [0.1, 0.15) is 121 Å². The SMILES string of the molecule is CCCCCCCCCCCCCCCCCC(c1cscn1)N(C)C. The predicted octanol–water partition coefficient (Wildman–Crippen LogP) is 8.01. The van der Waals surface area contributed by atoms with Crippen LogP contribution in [0.3, 0.4) is 0 Å². The smallest absolute Gasteiger partial charge is 0.0795 e. The third kappa shape index (κ3) is 12.1. The van der Waals surface area contributed by atoms with Crippen LogP contribution in [0.15, 0.2) is 10.9 Å². The molecule has 0 saturated heterocycles. The first kappa shape index (κ1) is 23.6. The van der Waals surface area contributed by atoms with Crippen molar-refractivity contribution in [2.75, 3.05) is 14.1 Å². The third-order valence-electron chi connectivity index (χ3n) is 5.50. The Kier molecular flexibility index (Phi) is 15.2. The lowest BCUT2D eigenvalue weighted by molar-refractivity contribution is 0.272. The van der Waals surface area contributed by atoms with Gasteiger partial charge < -0.3 is 4.90 Å². The van der Waals surface area contributed by atoms with Crippen LogP contribution in [0.4, 0.5) is 0 Å². The Morgan fingerprint density at radius 3 is 1.62 bits per heavy atom. The molecule has 0 aromatic carbocycles. The zero-order valence-corrected chi connectivity index (χ0v) is 18.7. The summed E-state index contributed by atoms with van der Waals surface area (Å²) in [7, 11) is 4.35. The molecule has 26 heavy (non-hydrogen) atoms. The second-order valence-corrected chi connectivity index (χ2v) is 8.85. The fourth-order valence-corrected chi connectivity index (χ4v) is 4.37. The molecular formula is C23H44N2S. The highest BCUT2D eigenvalue weighted by Gasteiger charge is 2.15. The van der Waals surface area contributed by atoms with Crippen LogP contribution in [0, 0.1) is 0 Å². The molecule has 0 aliphatic rings. The molecule has 1 heterocycles. The van der Waals surface area contributed by atoms with E-state index in [1.54, 1.807) is 11.3 Å². The molecule has 1 aromatic rings. The molecule has 0 N–H and O–H groups in total. The average molecular weight is 381 g/mol. The van der Waals surface area contributed by atoms with Crippen molar-refractivity contribution in [3.8, 4) is 0 Å². The maximum atomic E-state index is 4.50. The number of thiazole rings is 1. The van der Waals surface area contributed by atoms with Crippen LogP contribution in [0.25, 0.3) is 0 Å². The van der Waals surface area contributed by atoms with Crippen molar-refractivity contribution in [3.05, 3.63) is 16.6 Å². The molecule has 0 aliphatic heterocycles. The average Bonchev–Trinajstić information content (AvgIpc) is 3.15. The highest BCUT2D eigenvalue weighted by Crippen LogP contribution is 2.24. The van der Waals surface area contributed by atoms with E-state index in [1.165, 1.54) is 108 Å². The summed E-state index contributed by atoms with van der Waals surface area (Å²) >= 11 is 1.71. The van der Waals surface area contributed by atoms with E-state index in [0.29, 0.717) is 6.04 Å². The zero-order valence-electron chi connectivity index (χ0n) is 17.8. The summed E-state index contributed by atoms with van der Waals surface area (Å²) in [6, 6.07) is 0.503. The van der Waals surface area contributed by atoms with E-state index in [2.05, 4.69) is 36.3 Å². The van der Waals surface area contributed by atoms with Gasteiger partial charge in [-0.3, -0.25) is 0 Å². The maximum absolute atomic E-state index is 4.50. The number of unbranched alkanes of at least 4 members (excludes halogenated alkanes) is 14. The van der Waals surface area contributed by atoms with Gasteiger partial charge >= 0.3 is 0 Å². The number of hydrogen-bond acceptors (Lipinski definition) is 3. The Morgan fingerprint density at radius 1 is 0.769 bits per heavy atom. The van der Waals surface area contributed by atoms with Crippen LogP contribution in [-0.2, 0) is 0 Å². The van der Waals surface area contributed by atoms with Gasteiger partial charge in [0, 0.05) is 5.38 Å². The number of nitrogens with zero attached hydrogens (tertiary/aromatic N) is 2. The van der Waals surface area contributed by atoms with Crippen molar-refractivity contribution in [2.45, 2.75) is 116 Å². The number of hydrogen-bond donors (Lipinski definition) is 0. The predicted molar refractivity (Wildman–Crippen MR) is 118 cm³/mol. The molecule has 0 saturated carbocycles. The minimum absolute atomic E-state index is 0.503. The molecule has 2 nitrogen and oxygen atoms in total. The van der Waals surface area contributed by atoms with Crippen LogP contribution in [0.2, 0.25) is 0 Å². The Labute approximate surface area is 167 Å². The lowest BCUT2D eigenvalue weighted by Gasteiger charge is -2.22. The Morgan fingerprint density at radius 2 is 1.23 bits per heavy atom. The first-order valence-corrected chi connectivity index (χ1v) is 12.2. The lowest BCUT2D eigenvalue weighted by Crippen LogP contribution is -2.20. The minimum Gasteiger partial charge on any atom is -0.301 e. The summed E-state index contributed by atoms with van der Waals surface area (Å²) < 4.78 is 0. The number of aromatic nitrogens is 1. The highest BCUT2D eigenvalue weighted by molar-refractivity contribution is 7.07. The Balaban J connectivity index is 1.85. The normalized spacial score (nSPS) is 12.8. The molecule has 0 aliphatic carbocycles. The van der Waals surface area contributed by atoms with Crippen LogP contribution in [-0.4, -0.2) is 24.0 Å². The summed E-state index contributed by atoms with van der Waals surface area (Å²) in [6.07, 6.45) is 22.7. The summed E-state index contributed by atoms with van der Waals surface area (Å²) in [6.45, 7) is 2.29. The molecule has 1 unspecified atom stereocenters. The molecular weight excluding hydrogens is 336 g/mol. The molecule has 0 spiro atoms. The summed E-state index contributed by atoms with van der Waals surface area (Å²) in [4.78, 5) is 6.82. The van der Waals surface area contributed by atoms with Crippen LogP contribution in [0.5, 0.6) is 0 Å². The fraction of sp³-hybridized carbons (Fsp3) is 0.870. The molecule has 152 valence electrons. The van der Waals surface area contributed by atoms with Crippen molar-refractivity contribution in [1.29, 1.82) is 0 Å². The molecule has 0 radical (unpaired) electrons. The zero-order chi connectivity index (χ0) is 18.9. The van der Waals surface area contributed by atoms with E-state index >= 15 is 0 Å². The van der Waals surface area contributed by atoms with E-state index in [-0.39, 0.29) is 0 Å². The van der Waals surface area contributed by atoms with Crippen molar-refractivity contribution in [3.63, 3.8) is 0 Å². The van der Waals surface area contributed by atoms with Gasteiger partial charge in [-0.15, -0.1) is 11.3 Å². The van der Waals surface area contributed by atoms with E-state index in [9.17, 15) is 0 Å². The van der Waals surface area contributed by atoms with Crippen LogP contribution >= 0.6 is 11.3 Å². The van der Waals surface area contributed by atoms with Crippen molar-refractivity contribution in [2.24, 2.45) is 0 Å². The van der Waals surface area contributed by atoms with E-state index < -0.39 is 0 Å². The molecule has 1 atom stereocenters. The van der Waals surface area contributed by atoms with Gasteiger partial charge in [0.05, 0.1) is 17.2 Å². The summed E-state index contributed by atoms with van der Waals surface area (Å²) in [5.74, 6) is 0. The second kappa shape index (κ2) is 16.7. The first-order chi connectivity index (χ1) is 12.8. The Hall–Kier alpha value is -0.410. The van der Waals surface area contributed by atoms with Gasteiger partial charge in [-0.2, -0.15) is 0 Å². The first-order valence-electron chi connectivity index (χ1n) is 11.3. The van der Waals surface area contributed by atoms with Crippen LogP contribution < -0.4 is 0 Å². The summed E-state index contributed by atoms with van der Waals surface area (Å²) in [5, 5.41) is 2.20. The monoisotopic (exact) mass is 380 g/mol. The standard InChI is InChI=1S/C23H44N2S/c1-4-5-6-7-8-9-10-11-12-13-14-15-16-17-18-19-23(25(2)3)22-20-26-21-24-22/h20-21,23H,4-19H2,1-3H3. The van der Waals surface area contributed by atoms with Gasteiger partial charge in [0.25, 0.3) is 0 Å². The lowest BCUT2D eigenvalue weighted by atomic mass is 10.0. The molecule has 0 fully saturated rings. The van der Waals surface area contributed by atoms with Gasteiger partial charge in [-0.1, -0.05) is 103 Å². The summed E-state index contributed by atoms with van der Waals surface area (Å²) in [5.41, 5.74) is 3.21. The quantitative estimate of drug-likeness (QED) is 0.240. The van der Waals surface area contributed by atoms with Gasteiger partial charge in [0.1, 0.15) is 0 Å². The molecule has 3 heteroatoms. The van der Waals surface area contributed by atoms with Gasteiger partial charge in [0.15, 0.2) is 0 Å². The van der Waals surface area contributed by atoms with Gasteiger partial charge in [-0.05, 0) is 20.5 Å². The third-order valence-corrected chi connectivity index (χ3v) is 6.10. The van der Waals surface area contributed by atoms with Crippen molar-refractivity contribution >= 4 is 11.3 Å². The molecule has 0 bridgehead atoms. The van der Waals surface area contributed by atoms with Crippen molar-refractivity contribution in [1.82, 2.24) is 9.88 Å². The molecule has 1 aromatic heterocycles. The topological polar surface area (TPSA) is 16.1 Å². The minimum atomic E-state index is 0.503. The Bertz CT molecular complexity index is 389. The largest absolute Gasteiger partial charge is 0.301 e. The van der Waals surface area contributed by atoms with Gasteiger partial charge in [0.2, 0.25) is 0 Å². The fourth-order valence-electron chi connectivity index (χ4n) is 3.77. The number of rotatable bonds is 18. The van der Waals surface area contributed by atoms with E-state index in [4.69, 9.17) is 0 Å².